The second-order valence-electron chi connectivity index (χ2n) is 6.91. The molecule has 0 bridgehead atoms. The number of hydrogen-bond acceptors (Lipinski definition) is 6. The van der Waals surface area contributed by atoms with Crippen molar-refractivity contribution in [2.75, 3.05) is 23.4 Å². The van der Waals surface area contributed by atoms with E-state index in [1.54, 1.807) is 29.7 Å². The number of carbonyl (C=O) groups excluding carboxylic acids is 2. The van der Waals surface area contributed by atoms with Gasteiger partial charge in [0.15, 0.2) is 5.82 Å². The largest absolute Gasteiger partial charge is 0.491 e. The predicted octanol–water partition coefficient (Wildman–Crippen LogP) is 1.75. The first-order valence-electron chi connectivity index (χ1n) is 9.06. The number of fused-ring (bicyclic) bond motifs is 3. The normalized spacial score (nSPS) is 19.5. The maximum atomic E-state index is 13.7. The molecule has 2 amide bonds. The highest BCUT2D eigenvalue weighted by atomic mass is 35.5. The van der Waals surface area contributed by atoms with E-state index >= 15 is 0 Å². The number of carbonyl (C=O) groups is 2. The SMILES string of the molecule is C[C@H](Nc1ccc2c(c1)OCCn1cc(N3C(=O)CO[C@H]3C(F)(F)Cl)nc1-2)C(N)=O. The number of halogens is 3. The molecule has 3 N–H and O–H groups in total. The number of hydrogen-bond donors (Lipinski definition) is 2. The Morgan fingerprint density at radius 2 is 2.23 bits per heavy atom. The number of rotatable bonds is 5. The monoisotopic (exact) mass is 441 g/mol. The lowest BCUT2D eigenvalue weighted by Gasteiger charge is -2.24. The molecule has 160 valence electrons. The van der Waals surface area contributed by atoms with E-state index in [1.165, 1.54) is 6.20 Å². The molecule has 9 nitrogen and oxygen atoms in total. The van der Waals surface area contributed by atoms with Gasteiger partial charge in [-0.25, -0.2) is 4.98 Å². The van der Waals surface area contributed by atoms with Crippen LogP contribution >= 0.6 is 11.6 Å². The molecule has 2 aromatic rings. The van der Waals surface area contributed by atoms with Gasteiger partial charge in [0, 0.05) is 18.0 Å². The Labute approximate surface area is 174 Å². The zero-order chi connectivity index (χ0) is 21.6. The van der Waals surface area contributed by atoms with Gasteiger partial charge >= 0.3 is 5.38 Å². The zero-order valence-corrected chi connectivity index (χ0v) is 16.5. The van der Waals surface area contributed by atoms with Crippen molar-refractivity contribution in [3.8, 4) is 17.1 Å². The topological polar surface area (TPSA) is 112 Å². The average molecular weight is 442 g/mol. The summed E-state index contributed by atoms with van der Waals surface area (Å²) in [5.41, 5.74) is 6.49. The lowest BCUT2D eigenvalue weighted by atomic mass is 10.1. The Kier molecular flexibility index (Phi) is 5.02. The van der Waals surface area contributed by atoms with E-state index in [4.69, 9.17) is 26.8 Å². The number of imidazole rings is 1. The molecule has 1 fully saturated rings. The van der Waals surface area contributed by atoms with Crippen molar-refractivity contribution >= 4 is 34.9 Å². The number of alkyl halides is 3. The smallest absolute Gasteiger partial charge is 0.366 e. The maximum Gasteiger partial charge on any atom is 0.366 e. The Hall–Kier alpha value is -2.92. The van der Waals surface area contributed by atoms with Crippen LogP contribution in [0.25, 0.3) is 11.4 Å². The van der Waals surface area contributed by atoms with Crippen molar-refractivity contribution in [3.63, 3.8) is 0 Å². The van der Waals surface area contributed by atoms with Gasteiger partial charge in [-0.2, -0.15) is 8.78 Å². The highest BCUT2D eigenvalue weighted by Gasteiger charge is 2.50. The quantitative estimate of drug-likeness (QED) is 0.684. The molecule has 12 heteroatoms. The molecule has 0 radical (unpaired) electrons. The minimum absolute atomic E-state index is 0.00947. The summed E-state index contributed by atoms with van der Waals surface area (Å²) in [6, 6.07) is 4.54. The van der Waals surface area contributed by atoms with Crippen LogP contribution in [0.4, 0.5) is 20.3 Å². The van der Waals surface area contributed by atoms with Gasteiger partial charge in [0.1, 0.15) is 30.8 Å². The number of amides is 2. The van der Waals surface area contributed by atoms with Gasteiger partial charge in [-0.1, -0.05) is 0 Å². The number of nitrogens with one attached hydrogen (secondary N) is 1. The standard InChI is InChI=1S/C18H18ClF2N5O4/c1-9(15(22)28)23-10-2-3-11-12(6-10)29-5-4-25-7-13(24-16(11)25)26-14(27)8-30-17(26)18(19,20)21/h2-3,6-7,9,17,23H,4-5,8H2,1H3,(H2,22,28)/t9-,17-/m0/s1. The van der Waals surface area contributed by atoms with E-state index in [1.807, 2.05) is 0 Å². The van der Waals surface area contributed by atoms with E-state index in [0.717, 1.165) is 4.90 Å². The Morgan fingerprint density at radius 3 is 2.93 bits per heavy atom. The highest BCUT2D eigenvalue weighted by molar-refractivity contribution is 6.22. The van der Waals surface area contributed by atoms with Crippen molar-refractivity contribution < 1.29 is 27.8 Å². The Bertz CT molecular complexity index is 1010. The lowest BCUT2D eigenvalue weighted by molar-refractivity contribution is -0.118. The Morgan fingerprint density at radius 1 is 1.47 bits per heavy atom. The highest BCUT2D eigenvalue weighted by Crippen LogP contribution is 2.38. The van der Waals surface area contributed by atoms with Crippen molar-refractivity contribution in [1.82, 2.24) is 9.55 Å². The molecule has 0 saturated carbocycles. The van der Waals surface area contributed by atoms with E-state index in [9.17, 15) is 18.4 Å². The molecule has 0 spiro atoms. The summed E-state index contributed by atoms with van der Waals surface area (Å²) in [7, 11) is 0. The average Bonchev–Trinajstić information content (AvgIpc) is 3.21. The van der Waals surface area contributed by atoms with E-state index < -0.39 is 36.1 Å². The fraction of sp³-hybridized carbons (Fsp3) is 0.389. The number of ether oxygens (including phenoxy) is 2. The summed E-state index contributed by atoms with van der Waals surface area (Å²) in [4.78, 5) is 28.6. The molecular weight excluding hydrogens is 424 g/mol. The molecule has 1 saturated heterocycles. The summed E-state index contributed by atoms with van der Waals surface area (Å²) in [5.74, 6) is -0.242. The third kappa shape index (κ3) is 3.65. The number of anilines is 2. The van der Waals surface area contributed by atoms with Crippen LogP contribution < -0.4 is 20.7 Å². The fourth-order valence-corrected chi connectivity index (χ4v) is 3.47. The minimum atomic E-state index is -3.77. The number of aromatic nitrogens is 2. The molecule has 2 aliphatic heterocycles. The summed E-state index contributed by atoms with van der Waals surface area (Å²) in [6.45, 7) is 1.78. The molecule has 1 aromatic heterocycles. The molecule has 0 unspecified atom stereocenters. The molecule has 0 aliphatic carbocycles. The minimum Gasteiger partial charge on any atom is -0.491 e. The molecule has 4 rings (SSSR count). The molecule has 30 heavy (non-hydrogen) atoms. The van der Waals surface area contributed by atoms with Gasteiger partial charge in [0.25, 0.3) is 5.91 Å². The van der Waals surface area contributed by atoms with Crippen molar-refractivity contribution in [1.29, 1.82) is 0 Å². The molecule has 1 aromatic carbocycles. The second-order valence-corrected chi connectivity index (χ2v) is 7.42. The zero-order valence-electron chi connectivity index (χ0n) is 15.8. The van der Waals surface area contributed by atoms with Crippen LogP contribution in [0.5, 0.6) is 5.75 Å². The first-order chi connectivity index (χ1) is 14.1. The van der Waals surface area contributed by atoms with Crippen molar-refractivity contribution in [2.24, 2.45) is 5.73 Å². The third-order valence-electron chi connectivity index (χ3n) is 4.78. The lowest BCUT2D eigenvalue weighted by Crippen LogP contribution is -2.43. The summed E-state index contributed by atoms with van der Waals surface area (Å²) in [5, 5.41) is -0.807. The van der Waals surface area contributed by atoms with Crippen LogP contribution in [0.1, 0.15) is 6.92 Å². The third-order valence-corrected chi connectivity index (χ3v) is 4.97. The van der Waals surface area contributed by atoms with Gasteiger partial charge in [-0.05, 0) is 30.7 Å². The first-order valence-corrected chi connectivity index (χ1v) is 9.43. The van der Waals surface area contributed by atoms with Gasteiger partial charge in [-0.3, -0.25) is 14.5 Å². The van der Waals surface area contributed by atoms with Crippen LogP contribution in [0.3, 0.4) is 0 Å². The summed E-state index contributed by atoms with van der Waals surface area (Å²) < 4.78 is 39.7. The number of nitrogens with zero attached hydrogens (tertiary/aromatic N) is 3. The van der Waals surface area contributed by atoms with E-state index in [-0.39, 0.29) is 12.4 Å². The van der Waals surface area contributed by atoms with Crippen molar-refractivity contribution in [2.45, 2.75) is 31.1 Å². The van der Waals surface area contributed by atoms with Gasteiger partial charge in [0.05, 0.1) is 12.1 Å². The maximum absolute atomic E-state index is 13.7. The number of primary amides is 1. The predicted molar refractivity (Wildman–Crippen MR) is 103 cm³/mol. The Balaban J connectivity index is 1.69. The molecule has 2 aliphatic rings. The summed E-state index contributed by atoms with van der Waals surface area (Å²) >= 11 is 5.12. The number of benzene rings is 1. The van der Waals surface area contributed by atoms with Crippen LogP contribution in [-0.2, 0) is 20.9 Å². The second kappa shape index (κ2) is 7.40. The van der Waals surface area contributed by atoms with Crippen LogP contribution in [0.2, 0.25) is 0 Å². The van der Waals surface area contributed by atoms with Gasteiger partial charge < -0.3 is 25.1 Å². The fourth-order valence-electron chi connectivity index (χ4n) is 3.31. The molecular formula is C18H18ClF2N5O4. The summed E-state index contributed by atoms with van der Waals surface area (Å²) in [6.07, 6.45) is -0.458. The first kappa shape index (κ1) is 20.4. The van der Waals surface area contributed by atoms with Crippen LogP contribution in [0, 0.1) is 0 Å². The molecule has 2 atom stereocenters. The van der Waals surface area contributed by atoms with Crippen LogP contribution in [-0.4, -0.2) is 52.2 Å². The van der Waals surface area contributed by atoms with E-state index in [0.29, 0.717) is 29.4 Å². The number of nitrogens with two attached hydrogens (primary N) is 1. The van der Waals surface area contributed by atoms with Gasteiger partial charge in [0.2, 0.25) is 12.1 Å². The molecule has 3 heterocycles. The van der Waals surface area contributed by atoms with Gasteiger partial charge in [-0.15, -0.1) is 0 Å². The van der Waals surface area contributed by atoms with E-state index in [2.05, 4.69) is 10.3 Å². The van der Waals surface area contributed by atoms with Crippen molar-refractivity contribution in [3.05, 3.63) is 24.4 Å². The van der Waals surface area contributed by atoms with Crippen LogP contribution in [0.15, 0.2) is 24.4 Å².